The molecule has 9 nitrogen and oxygen atoms in total. The van der Waals surface area contributed by atoms with Gasteiger partial charge >= 0.3 is 6.03 Å². The molecule has 10 heteroatoms. The smallest absolute Gasteiger partial charge is 0.317 e. The van der Waals surface area contributed by atoms with E-state index in [9.17, 15) is 18.0 Å². The number of nitrogens with zero attached hydrogens (tertiary/aromatic N) is 4. The lowest BCUT2D eigenvalue weighted by Gasteiger charge is -2.37. The minimum Gasteiger partial charge on any atom is -0.335 e. The Kier molecular flexibility index (Phi) is 5.62. The number of hydrogen-bond acceptors (Lipinski definition) is 5. The molecule has 1 N–H and O–H groups in total. The molecule has 0 aromatic heterocycles. The first-order chi connectivity index (χ1) is 13.9. The third-order valence-corrected chi connectivity index (χ3v) is 7.02. The van der Waals surface area contributed by atoms with E-state index in [1.165, 1.54) is 6.42 Å². The summed E-state index contributed by atoms with van der Waals surface area (Å²) in [5, 5.41) is 3.11. The van der Waals surface area contributed by atoms with Crippen LogP contribution in [0.3, 0.4) is 0 Å². The number of nitrogens with one attached hydrogen (secondary N) is 1. The summed E-state index contributed by atoms with van der Waals surface area (Å²) in [5.41, 5.74) is 0.288. The number of hydrogen-bond donors (Lipinski definition) is 1. The summed E-state index contributed by atoms with van der Waals surface area (Å²) >= 11 is 0. The van der Waals surface area contributed by atoms with E-state index >= 15 is 0 Å². The number of carbonyl (C=O) groups is 2. The fraction of sp³-hybridized carbons (Fsp3) is 0.632. The summed E-state index contributed by atoms with van der Waals surface area (Å²) in [5.74, 6) is -0.111. The van der Waals surface area contributed by atoms with E-state index in [1.807, 2.05) is 0 Å². The maximum Gasteiger partial charge on any atom is 0.317 e. The molecular formula is C19H27N5O4S. The Bertz CT molecular complexity index is 865. The molecule has 4 rings (SSSR count). The van der Waals surface area contributed by atoms with Gasteiger partial charge in [-0.2, -0.15) is 0 Å². The number of amides is 3. The van der Waals surface area contributed by atoms with E-state index in [4.69, 9.17) is 0 Å². The van der Waals surface area contributed by atoms with Gasteiger partial charge in [0, 0.05) is 45.0 Å². The number of allylic oxidation sites excluding steroid dienone is 2. The van der Waals surface area contributed by atoms with Crippen molar-refractivity contribution in [2.75, 3.05) is 38.5 Å². The minimum absolute atomic E-state index is 0.0576. The number of urea groups is 1. The molecule has 0 radical (unpaired) electrons. The first-order valence-electron chi connectivity index (χ1n) is 10.3. The monoisotopic (exact) mass is 421 g/mol. The average Bonchev–Trinajstić information content (AvgIpc) is 2.73. The predicted octanol–water partition coefficient (Wildman–Crippen LogP) is 0.671. The number of fused-ring (bicyclic) bond motifs is 1. The Morgan fingerprint density at radius 2 is 1.69 bits per heavy atom. The molecule has 29 heavy (non-hydrogen) atoms. The largest absolute Gasteiger partial charge is 0.335 e. The topological polar surface area (TPSA) is 102 Å². The fourth-order valence-corrected chi connectivity index (χ4v) is 5.16. The van der Waals surface area contributed by atoms with Crippen LogP contribution < -0.4 is 5.32 Å². The van der Waals surface area contributed by atoms with Crippen molar-refractivity contribution in [2.45, 2.75) is 38.1 Å². The lowest BCUT2D eigenvalue weighted by Crippen LogP contribution is -2.55. The summed E-state index contributed by atoms with van der Waals surface area (Å²) in [7, 11) is -3.54. The van der Waals surface area contributed by atoms with E-state index < -0.39 is 10.0 Å². The lowest BCUT2D eigenvalue weighted by molar-refractivity contribution is -0.128. The van der Waals surface area contributed by atoms with Crippen LogP contribution in [0.1, 0.15) is 32.1 Å². The van der Waals surface area contributed by atoms with E-state index in [2.05, 4.69) is 9.71 Å². The van der Waals surface area contributed by atoms with Crippen molar-refractivity contribution in [1.29, 1.82) is 0 Å². The van der Waals surface area contributed by atoms with Crippen molar-refractivity contribution in [2.24, 2.45) is 4.40 Å². The standard InChI is InChI=1S/C19H27N5O4S/c25-18(16-7-4-8-22-13-14-29(27,28)21-17(16)22)23-9-11-24(12-10-23)19(26)20-15-5-2-1-3-6-15/h4,7-8,15H,1-3,5-6,9-14H2,(H,20,26). The number of carbonyl (C=O) groups excluding carboxylic acids is 2. The molecule has 0 aromatic carbocycles. The molecule has 0 aromatic rings. The Morgan fingerprint density at radius 1 is 1.00 bits per heavy atom. The highest BCUT2D eigenvalue weighted by Gasteiger charge is 2.33. The van der Waals surface area contributed by atoms with E-state index in [0.29, 0.717) is 26.2 Å². The molecule has 158 valence electrons. The molecular weight excluding hydrogens is 394 g/mol. The van der Waals surface area contributed by atoms with Crippen molar-refractivity contribution in [3.8, 4) is 0 Å². The third kappa shape index (κ3) is 4.47. The van der Waals surface area contributed by atoms with Crippen LogP contribution in [-0.2, 0) is 14.8 Å². The first kappa shape index (κ1) is 19.9. The summed E-state index contributed by atoms with van der Waals surface area (Å²) in [6, 6.07) is 0.199. The van der Waals surface area contributed by atoms with Crippen LogP contribution in [0.4, 0.5) is 4.79 Å². The van der Waals surface area contributed by atoms with Crippen LogP contribution in [0.2, 0.25) is 0 Å². The van der Waals surface area contributed by atoms with Crippen LogP contribution >= 0.6 is 0 Å². The van der Waals surface area contributed by atoms with E-state index in [1.54, 1.807) is 33.1 Å². The molecule has 1 aliphatic carbocycles. The maximum atomic E-state index is 13.0. The Labute approximate surface area is 171 Å². The molecule has 3 amide bonds. The zero-order chi connectivity index (χ0) is 20.4. The molecule has 0 bridgehead atoms. The van der Waals surface area contributed by atoms with Gasteiger partial charge in [0.2, 0.25) is 0 Å². The number of rotatable bonds is 2. The Morgan fingerprint density at radius 3 is 2.41 bits per heavy atom. The van der Waals surface area contributed by atoms with Crippen LogP contribution in [0.25, 0.3) is 0 Å². The quantitative estimate of drug-likeness (QED) is 0.706. The molecule has 1 saturated heterocycles. The highest BCUT2D eigenvalue weighted by Crippen LogP contribution is 2.21. The van der Waals surface area contributed by atoms with Gasteiger partial charge in [-0.1, -0.05) is 19.3 Å². The number of piperazine rings is 1. The number of amidine groups is 1. The Balaban J connectivity index is 1.36. The van der Waals surface area contributed by atoms with Gasteiger partial charge < -0.3 is 20.0 Å². The van der Waals surface area contributed by atoms with Gasteiger partial charge in [0.05, 0.1) is 11.3 Å². The molecule has 0 atom stereocenters. The van der Waals surface area contributed by atoms with Gasteiger partial charge in [-0.25, -0.2) is 13.2 Å². The highest BCUT2D eigenvalue weighted by atomic mass is 32.2. The zero-order valence-corrected chi connectivity index (χ0v) is 17.2. The summed E-state index contributed by atoms with van der Waals surface area (Å²) < 4.78 is 27.6. The van der Waals surface area contributed by atoms with Crippen LogP contribution in [0.5, 0.6) is 0 Å². The fourth-order valence-electron chi connectivity index (χ4n) is 4.18. The molecule has 0 unspecified atom stereocenters. The normalized spacial score (nSPS) is 24.5. The molecule has 0 spiro atoms. The third-order valence-electron chi connectivity index (χ3n) is 5.87. The zero-order valence-electron chi connectivity index (χ0n) is 16.4. The van der Waals surface area contributed by atoms with Gasteiger partial charge in [-0.15, -0.1) is 4.40 Å². The maximum absolute atomic E-state index is 13.0. The second-order valence-corrected chi connectivity index (χ2v) is 9.63. The summed E-state index contributed by atoms with van der Waals surface area (Å²) in [4.78, 5) is 30.6. The second-order valence-electron chi connectivity index (χ2n) is 7.88. The van der Waals surface area contributed by atoms with Crippen LogP contribution in [-0.4, -0.2) is 85.4 Å². The van der Waals surface area contributed by atoms with E-state index in [-0.39, 0.29) is 41.7 Å². The molecule has 3 aliphatic heterocycles. The molecule has 1 saturated carbocycles. The van der Waals surface area contributed by atoms with Gasteiger partial charge in [0.25, 0.3) is 15.9 Å². The summed E-state index contributed by atoms with van der Waals surface area (Å²) in [6.07, 6.45) is 10.7. The summed E-state index contributed by atoms with van der Waals surface area (Å²) in [6.45, 7) is 2.04. The van der Waals surface area contributed by atoms with Gasteiger partial charge in [-0.05, 0) is 25.0 Å². The average molecular weight is 422 g/mol. The predicted molar refractivity (Wildman–Crippen MR) is 109 cm³/mol. The molecule has 2 fully saturated rings. The van der Waals surface area contributed by atoms with Crippen LogP contribution in [0.15, 0.2) is 28.3 Å². The first-order valence-corrected chi connectivity index (χ1v) is 11.9. The number of sulfonamides is 1. The van der Waals surface area contributed by atoms with Crippen molar-refractivity contribution < 1.29 is 18.0 Å². The highest BCUT2D eigenvalue weighted by molar-refractivity contribution is 7.90. The minimum atomic E-state index is -3.54. The SMILES string of the molecule is O=C(NC1CCCCC1)N1CCN(C(=O)C2=CC=CN3CCS(=O)(=O)N=C23)CC1. The van der Waals surface area contributed by atoms with E-state index in [0.717, 1.165) is 25.7 Å². The van der Waals surface area contributed by atoms with Gasteiger partial charge in [0.15, 0.2) is 5.84 Å². The van der Waals surface area contributed by atoms with Gasteiger partial charge in [-0.3, -0.25) is 4.79 Å². The second kappa shape index (κ2) is 8.17. The lowest BCUT2D eigenvalue weighted by atomic mass is 9.96. The van der Waals surface area contributed by atoms with Crippen molar-refractivity contribution in [3.05, 3.63) is 23.9 Å². The molecule has 3 heterocycles. The van der Waals surface area contributed by atoms with Crippen molar-refractivity contribution in [1.82, 2.24) is 20.0 Å². The van der Waals surface area contributed by atoms with Crippen molar-refractivity contribution >= 4 is 27.8 Å². The van der Waals surface area contributed by atoms with Gasteiger partial charge in [0.1, 0.15) is 0 Å². The molecule has 4 aliphatic rings. The van der Waals surface area contributed by atoms with Crippen LogP contribution in [0, 0.1) is 0 Å². The Hall–Kier alpha value is -2.36. The van der Waals surface area contributed by atoms with Crippen molar-refractivity contribution in [3.63, 3.8) is 0 Å².